The van der Waals surface area contributed by atoms with Crippen molar-refractivity contribution in [3.05, 3.63) is 39.4 Å². The average molecular weight is 332 g/mol. The number of rotatable bonds is 4. The van der Waals surface area contributed by atoms with E-state index in [-0.39, 0.29) is 31.0 Å². The number of carbonyl (C=O) groups is 1. The largest absolute Gasteiger partial charge is 0.467 e. The van der Waals surface area contributed by atoms with E-state index in [0.29, 0.717) is 16.9 Å². The van der Waals surface area contributed by atoms with Crippen LogP contribution in [-0.2, 0) is 16.1 Å². The third-order valence-corrected chi connectivity index (χ3v) is 4.30. The molecule has 1 N–H and O–H groups in total. The molecule has 0 atom stereocenters. The molecule has 1 amide bonds. The zero-order chi connectivity index (χ0) is 16.9. The van der Waals surface area contributed by atoms with Crippen LogP contribution in [0.15, 0.2) is 18.2 Å². The smallest absolute Gasteiger partial charge is 0.270 e. The minimum absolute atomic E-state index is 0.0461. The molecule has 3 rings (SSSR count). The van der Waals surface area contributed by atoms with E-state index in [4.69, 9.17) is 9.47 Å². The number of nitrogens with zero attached hydrogens (tertiary/aromatic N) is 1. The number of ether oxygens (including phenoxy) is 2. The number of hydrogen-bond acceptors (Lipinski definition) is 5. The van der Waals surface area contributed by atoms with Crippen molar-refractivity contribution in [1.82, 2.24) is 5.32 Å². The number of amides is 1. The number of nitro groups is 1. The van der Waals surface area contributed by atoms with Crippen LogP contribution in [0, 0.1) is 10.1 Å². The molecule has 0 spiro atoms. The lowest BCUT2D eigenvalue weighted by Gasteiger charge is -2.22. The minimum atomic E-state index is -0.464. The molecule has 0 bridgehead atoms. The van der Waals surface area contributed by atoms with Crippen LogP contribution in [-0.4, -0.2) is 23.7 Å². The molecule has 1 aliphatic heterocycles. The first kappa shape index (κ1) is 16.4. The second kappa shape index (κ2) is 7.44. The third kappa shape index (κ3) is 3.91. The highest BCUT2D eigenvalue weighted by atomic mass is 16.7. The fraction of sp³-hybridized carbons (Fsp3) is 0.471. The molecule has 1 aromatic rings. The highest BCUT2D eigenvalue weighted by molar-refractivity contribution is 5.92. The van der Waals surface area contributed by atoms with Gasteiger partial charge >= 0.3 is 0 Å². The third-order valence-electron chi connectivity index (χ3n) is 4.30. The quantitative estimate of drug-likeness (QED) is 0.520. The minimum Gasteiger partial charge on any atom is -0.467 e. The van der Waals surface area contributed by atoms with Gasteiger partial charge < -0.3 is 14.8 Å². The standard InChI is InChI=1S/C17H20N2O5/c20-16(18-14-4-2-1-3-5-14)7-6-12-8-15(19(21)22)9-13-10-23-11-24-17(12)13/h6-9,14H,1-5,10-11H2,(H,18,20)/b7-6+. The van der Waals surface area contributed by atoms with Gasteiger partial charge in [0.2, 0.25) is 5.91 Å². The Hall–Kier alpha value is -2.41. The molecule has 128 valence electrons. The van der Waals surface area contributed by atoms with Gasteiger partial charge in [-0.1, -0.05) is 19.3 Å². The molecule has 24 heavy (non-hydrogen) atoms. The Bertz CT molecular complexity index is 665. The van der Waals surface area contributed by atoms with Gasteiger partial charge in [-0.05, 0) is 18.9 Å². The Morgan fingerprint density at radius 2 is 2.08 bits per heavy atom. The summed E-state index contributed by atoms with van der Waals surface area (Å²) in [7, 11) is 0. The Morgan fingerprint density at radius 1 is 1.29 bits per heavy atom. The van der Waals surface area contributed by atoms with Crippen molar-refractivity contribution in [2.45, 2.75) is 44.8 Å². The maximum atomic E-state index is 12.1. The van der Waals surface area contributed by atoms with Crippen LogP contribution in [0.4, 0.5) is 5.69 Å². The van der Waals surface area contributed by atoms with Crippen molar-refractivity contribution < 1.29 is 19.2 Å². The van der Waals surface area contributed by atoms with Crippen molar-refractivity contribution in [3.63, 3.8) is 0 Å². The molecule has 0 unspecified atom stereocenters. The van der Waals surface area contributed by atoms with E-state index < -0.39 is 4.92 Å². The van der Waals surface area contributed by atoms with Crippen LogP contribution in [0.2, 0.25) is 0 Å². The van der Waals surface area contributed by atoms with Gasteiger partial charge in [-0.3, -0.25) is 14.9 Å². The first-order valence-electron chi connectivity index (χ1n) is 8.14. The van der Waals surface area contributed by atoms with Crippen LogP contribution in [0.1, 0.15) is 43.2 Å². The summed E-state index contributed by atoms with van der Waals surface area (Å²) >= 11 is 0. The zero-order valence-electron chi connectivity index (χ0n) is 13.3. The number of non-ortho nitro benzene ring substituents is 1. The van der Waals surface area contributed by atoms with Crippen LogP contribution in [0.5, 0.6) is 5.75 Å². The molecule has 1 fully saturated rings. The summed E-state index contributed by atoms with van der Waals surface area (Å²) in [6.45, 7) is 0.353. The first-order valence-corrected chi connectivity index (χ1v) is 8.14. The van der Waals surface area contributed by atoms with Crippen molar-refractivity contribution in [2.75, 3.05) is 6.79 Å². The zero-order valence-corrected chi connectivity index (χ0v) is 13.3. The van der Waals surface area contributed by atoms with Crippen LogP contribution >= 0.6 is 0 Å². The van der Waals surface area contributed by atoms with E-state index >= 15 is 0 Å². The van der Waals surface area contributed by atoms with Gasteiger partial charge in [-0.2, -0.15) is 0 Å². The molecule has 1 aromatic carbocycles. The number of hydrogen-bond donors (Lipinski definition) is 1. The fourth-order valence-electron chi connectivity index (χ4n) is 3.12. The van der Waals surface area contributed by atoms with Crippen LogP contribution in [0.25, 0.3) is 6.08 Å². The summed E-state index contributed by atoms with van der Waals surface area (Å²) in [5.41, 5.74) is 1.08. The Balaban J connectivity index is 1.76. The highest BCUT2D eigenvalue weighted by Gasteiger charge is 2.20. The Morgan fingerprint density at radius 3 is 2.83 bits per heavy atom. The van der Waals surface area contributed by atoms with Crippen molar-refractivity contribution in [3.8, 4) is 5.75 Å². The topological polar surface area (TPSA) is 90.7 Å². The molecular weight excluding hydrogens is 312 g/mol. The molecule has 0 saturated heterocycles. The summed E-state index contributed by atoms with van der Waals surface area (Å²) in [6.07, 6.45) is 8.49. The summed E-state index contributed by atoms with van der Waals surface area (Å²) < 4.78 is 10.6. The predicted molar refractivity (Wildman–Crippen MR) is 87.4 cm³/mol. The van der Waals surface area contributed by atoms with Crippen molar-refractivity contribution in [1.29, 1.82) is 0 Å². The molecular formula is C17H20N2O5. The number of fused-ring (bicyclic) bond motifs is 1. The van der Waals surface area contributed by atoms with Gasteiger partial charge in [0.05, 0.1) is 11.5 Å². The Labute approximate surface area is 139 Å². The second-order valence-electron chi connectivity index (χ2n) is 6.07. The summed E-state index contributed by atoms with van der Waals surface area (Å²) in [6, 6.07) is 3.07. The van der Waals surface area contributed by atoms with E-state index in [2.05, 4.69) is 5.32 Å². The van der Waals surface area contributed by atoms with Gasteiger partial charge in [-0.25, -0.2) is 0 Å². The van der Waals surface area contributed by atoms with Gasteiger partial charge in [-0.15, -0.1) is 0 Å². The van der Waals surface area contributed by atoms with Gasteiger partial charge in [0.1, 0.15) is 5.75 Å². The molecule has 1 aliphatic carbocycles. The molecule has 0 aromatic heterocycles. The first-order chi connectivity index (χ1) is 11.6. The monoisotopic (exact) mass is 332 g/mol. The summed E-state index contributed by atoms with van der Waals surface area (Å²) in [5, 5.41) is 14.0. The van der Waals surface area contributed by atoms with E-state index in [1.54, 1.807) is 6.08 Å². The van der Waals surface area contributed by atoms with Gasteiger partial charge in [0.25, 0.3) is 5.69 Å². The van der Waals surface area contributed by atoms with Crippen molar-refractivity contribution >= 4 is 17.7 Å². The van der Waals surface area contributed by atoms with Crippen LogP contribution in [0.3, 0.4) is 0 Å². The number of carbonyl (C=O) groups excluding carboxylic acids is 1. The highest BCUT2D eigenvalue weighted by Crippen LogP contribution is 2.33. The lowest BCUT2D eigenvalue weighted by Crippen LogP contribution is -2.34. The van der Waals surface area contributed by atoms with Crippen LogP contribution < -0.4 is 10.1 Å². The number of nitro benzene ring substituents is 1. The molecule has 7 heteroatoms. The molecule has 2 aliphatic rings. The number of nitrogens with one attached hydrogen (secondary N) is 1. The molecule has 1 heterocycles. The normalized spacial score (nSPS) is 18.0. The summed E-state index contributed by atoms with van der Waals surface area (Å²) in [4.78, 5) is 22.7. The van der Waals surface area contributed by atoms with Gasteiger partial charge in [0.15, 0.2) is 6.79 Å². The van der Waals surface area contributed by atoms with E-state index in [0.717, 1.165) is 25.7 Å². The predicted octanol–water partition coefficient (Wildman–Crippen LogP) is 2.92. The van der Waals surface area contributed by atoms with E-state index in [1.165, 1.54) is 24.6 Å². The maximum Gasteiger partial charge on any atom is 0.270 e. The van der Waals surface area contributed by atoms with E-state index in [9.17, 15) is 14.9 Å². The molecule has 7 nitrogen and oxygen atoms in total. The summed E-state index contributed by atoms with van der Waals surface area (Å²) in [5.74, 6) is 0.350. The lowest BCUT2D eigenvalue weighted by atomic mass is 9.95. The second-order valence-corrected chi connectivity index (χ2v) is 6.07. The van der Waals surface area contributed by atoms with Crippen molar-refractivity contribution in [2.24, 2.45) is 0 Å². The van der Waals surface area contributed by atoms with Gasteiger partial charge in [0, 0.05) is 35.4 Å². The van der Waals surface area contributed by atoms with E-state index in [1.807, 2.05) is 0 Å². The lowest BCUT2D eigenvalue weighted by molar-refractivity contribution is -0.385. The SMILES string of the molecule is O=C(/C=C/c1cc([N+](=O)[O-])cc2c1OCOC2)NC1CCCCC1. The Kier molecular flexibility index (Phi) is 5.10. The fourth-order valence-corrected chi connectivity index (χ4v) is 3.12. The average Bonchev–Trinajstić information content (AvgIpc) is 2.60. The molecule has 1 saturated carbocycles. The maximum absolute atomic E-state index is 12.1. The molecule has 0 radical (unpaired) electrons. The number of benzene rings is 1.